The number of unbranched alkanes of at least 4 members (excludes halogenated alkanes) is 1. The number of rotatable bonds is 17. The van der Waals surface area contributed by atoms with Crippen molar-refractivity contribution in [3.63, 3.8) is 0 Å². The van der Waals surface area contributed by atoms with Crippen molar-refractivity contribution in [2.45, 2.75) is 70.5 Å². The normalized spacial score (nSPS) is 12.7. The summed E-state index contributed by atoms with van der Waals surface area (Å²) >= 11 is 0. The molecule has 3 atom stereocenters. The van der Waals surface area contributed by atoms with E-state index >= 15 is 0 Å². The van der Waals surface area contributed by atoms with Crippen LogP contribution in [0.25, 0.3) is 11.0 Å². The first-order valence-corrected chi connectivity index (χ1v) is 15.5. The summed E-state index contributed by atoms with van der Waals surface area (Å²) in [5.41, 5.74) is 18.2. The maximum Gasteiger partial charge on any atom is 0.336 e. The summed E-state index contributed by atoms with van der Waals surface area (Å²) in [6.45, 7) is 3.71. The molecule has 3 aromatic rings. The Balaban J connectivity index is 1.81. The molecule has 4 amide bonds. The second kappa shape index (κ2) is 18.0. The second-order valence-corrected chi connectivity index (χ2v) is 11.2. The van der Waals surface area contributed by atoms with Gasteiger partial charge in [-0.25, -0.2) is 4.79 Å². The molecule has 10 N–H and O–H groups in total. The van der Waals surface area contributed by atoms with Gasteiger partial charge in [-0.05, 0) is 68.8 Å². The number of nitrogens with two attached hydrogens (primary N) is 3. The molecule has 252 valence electrons. The number of hydrogen-bond acceptors (Lipinski definition) is 8. The molecule has 0 spiro atoms. The Bertz CT molecular complexity index is 1620. The quantitative estimate of drug-likeness (QED) is 0.0476. The maximum absolute atomic E-state index is 13.7. The molecule has 3 rings (SSSR count). The Morgan fingerprint density at radius 2 is 1.49 bits per heavy atom. The van der Waals surface area contributed by atoms with Gasteiger partial charge in [-0.3, -0.25) is 24.2 Å². The van der Waals surface area contributed by atoms with Crippen LogP contribution < -0.4 is 44.1 Å². The Kier molecular flexibility index (Phi) is 13.9. The first kappa shape index (κ1) is 36.2. The van der Waals surface area contributed by atoms with E-state index in [-0.39, 0.29) is 31.8 Å². The van der Waals surface area contributed by atoms with Gasteiger partial charge in [0.25, 0.3) is 0 Å². The van der Waals surface area contributed by atoms with Gasteiger partial charge in [0.15, 0.2) is 5.96 Å². The molecule has 0 saturated heterocycles. The number of carbonyl (C=O) groups is 4. The molecule has 0 saturated carbocycles. The highest BCUT2D eigenvalue weighted by atomic mass is 16.4. The summed E-state index contributed by atoms with van der Waals surface area (Å²) in [6, 6.07) is 12.5. The van der Waals surface area contributed by atoms with E-state index in [9.17, 15) is 24.0 Å². The van der Waals surface area contributed by atoms with E-state index in [1.54, 1.807) is 19.1 Å². The second-order valence-electron chi connectivity index (χ2n) is 11.2. The SMILES string of the molecule is CC(=O)N[C@@H](Cc1ccccc1)C(=O)N[C@@H](CCCCN)C(=O)N[C@@H](CCCN=C(N)N)C(=O)Nc1ccc2c(C)cc(=O)oc2c1. The summed E-state index contributed by atoms with van der Waals surface area (Å²) in [6.07, 6.45) is 2.12. The van der Waals surface area contributed by atoms with Crippen molar-refractivity contribution in [2.24, 2.45) is 22.2 Å². The molecule has 14 nitrogen and oxygen atoms in total. The highest BCUT2D eigenvalue weighted by molar-refractivity contribution is 6.00. The minimum absolute atomic E-state index is 0.102. The monoisotopic (exact) mass is 648 g/mol. The number of nitrogens with one attached hydrogen (secondary N) is 4. The van der Waals surface area contributed by atoms with Gasteiger partial charge in [-0.15, -0.1) is 0 Å². The van der Waals surface area contributed by atoms with Crippen molar-refractivity contribution < 1.29 is 23.6 Å². The van der Waals surface area contributed by atoms with E-state index in [4.69, 9.17) is 21.6 Å². The van der Waals surface area contributed by atoms with Gasteiger partial charge in [0, 0.05) is 43.1 Å². The van der Waals surface area contributed by atoms with Crippen LogP contribution >= 0.6 is 0 Å². The van der Waals surface area contributed by atoms with Crippen molar-refractivity contribution in [2.75, 3.05) is 18.4 Å². The molecular formula is C33H44N8O6. The van der Waals surface area contributed by atoms with Gasteiger partial charge in [0.1, 0.15) is 23.7 Å². The number of hydrogen-bond donors (Lipinski definition) is 7. The van der Waals surface area contributed by atoms with E-state index in [1.165, 1.54) is 19.1 Å². The Morgan fingerprint density at radius 3 is 2.15 bits per heavy atom. The van der Waals surface area contributed by atoms with Gasteiger partial charge in [0.2, 0.25) is 23.6 Å². The van der Waals surface area contributed by atoms with Crippen LogP contribution in [0.3, 0.4) is 0 Å². The summed E-state index contributed by atoms with van der Waals surface area (Å²) in [5.74, 6) is -2.16. The number of nitrogens with zero attached hydrogens (tertiary/aromatic N) is 1. The number of aliphatic imine (C=N–C) groups is 1. The lowest BCUT2D eigenvalue weighted by molar-refractivity contribution is -0.133. The van der Waals surface area contributed by atoms with E-state index in [0.29, 0.717) is 42.5 Å². The minimum atomic E-state index is -1.04. The number of carbonyl (C=O) groups excluding carboxylic acids is 4. The third kappa shape index (κ3) is 11.9. The molecular weight excluding hydrogens is 604 g/mol. The lowest BCUT2D eigenvalue weighted by Crippen LogP contribution is -2.56. The van der Waals surface area contributed by atoms with Gasteiger partial charge in [0.05, 0.1) is 0 Å². The topological polar surface area (TPSA) is 237 Å². The van der Waals surface area contributed by atoms with Gasteiger partial charge in [-0.1, -0.05) is 30.3 Å². The minimum Gasteiger partial charge on any atom is -0.423 e. The van der Waals surface area contributed by atoms with Crippen LogP contribution in [0.1, 0.15) is 50.2 Å². The van der Waals surface area contributed by atoms with Crippen LogP contribution in [0.5, 0.6) is 0 Å². The zero-order valence-corrected chi connectivity index (χ0v) is 26.7. The highest BCUT2D eigenvalue weighted by Gasteiger charge is 2.29. The number of aryl methyl sites for hydroxylation is 1. The van der Waals surface area contributed by atoms with Gasteiger partial charge >= 0.3 is 5.63 Å². The summed E-state index contributed by atoms with van der Waals surface area (Å²) < 4.78 is 5.30. The standard InChI is InChI=1S/C33H44N8O6/c1-20-17-29(43)47-28-19-23(13-14-24(20)28)39-30(44)26(12-8-16-37-33(35)36)40-31(45)25(11-6-7-15-34)41-32(46)27(38-21(2)42)18-22-9-4-3-5-10-22/h3-5,9-10,13-14,17,19,25-27H,6-8,11-12,15-16,18,34H2,1-2H3,(H,38,42)(H,39,44)(H,40,45)(H,41,46)(H4,35,36,37)/t25-,26-,27-/m0/s1. The van der Waals surface area contributed by atoms with E-state index in [1.807, 2.05) is 30.3 Å². The van der Waals surface area contributed by atoms with Crippen molar-refractivity contribution in [1.29, 1.82) is 0 Å². The molecule has 0 radical (unpaired) electrons. The van der Waals surface area contributed by atoms with Gasteiger partial charge in [-0.2, -0.15) is 0 Å². The molecule has 0 aliphatic rings. The zero-order chi connectivity index (χ0) is 34.3. The van der Waals surface area contributed by atoms with Crippen molar-refractivity contribution in [3.8, 4) is 0 Å². The molecule has 2 aromatic carbocycles. The largest absolute Gasteiger partial charge is 0.423 e. The third-order valence-electron chi connectivity index (χ3n) is 7.35. The van der Waals surface area contributed by atoms with Crippen LogP contribution in [0.15, 0.2) is 68.8 Å². The molecule has 47 heavy (non-hydrogen) atoms. The molecule has 0 aliphatic carbocycles. The van der Waals surface area contributed by atoms with E-state index in [0.717, 1.165) is 11.1 Å². The van der Waals surface area contributed by atoms with E-state index in [2.05, 4.69) is 26.3 Å². The first-order chi connectivity index (χ1) is 22.5. The average molecular weight is 649 g/mol. The predicted molar refractivity (Wildman–Crippen MR) is 180 cm³/mol. The fraction of sp³-hybridized carbons (Fsp3) is 0.394. The number of amides is 4. The maximum atomic E-state index is 13.7. The molecule has 1 aromatic heterocycles. The van der Waals surface area contributed by atoms with Crippen LogP contribution in [-0.2, 0) is 25.6 Å². The number of fused-ring (bicyclic) bond motifs is 1. The van der Waals surface area contributed by atoms with Crippen LogP contribution in [-0.4, -0.2) is 60.8 Å². The fourth-order valence-corrected chi connectivity index (χ4v) is 5.02. The van der Waals surface area contributed by atoms with Crippen LogP contribution in [0.4, 0.5) is 5.69 Å². The zero-order valence-electron chi connectivity index (χ0n) is 26.7. The highest BCUT2D eigenvalue weighted by Crippen LogP contribution is 2.21. The molecule has 0 fully saturated rings. The fourth-order valence-electron chi connectivity index (χ4n) is 5.02. The number of benzene rings is 2. The molecule has 14 heteroatoms. The van der Waals surface area contributed by atoms with Gasteiger partial charge < -0.3 is 42.9 Å². The lowest BCUT2D eigenvalue weighted by atomic mass is 10.0. The van der Waals surface area contributed by atoms with Crippen molar-refractivity contribution in [1.82, 2.24) is 16.0 Å². The first-order valence-electron chi connectivity index (χ1n) is 15.5. The predicted octanol–water partition coefficient (Wildman–Crippen LogP) is 0.940. The summed E-state index contributed by atoms with van der Waals surface area (Å²) in [7, 11) is 0. The molecule has 0 aliphatic heterocycles. The smallest absolute Gasteiger partial charge is 0.336 e. The third-order valence-corrected chi connectivity index (χ3v) is 7.35. The molecule has 1 heterocycles. The molecule has 0 bridgehead atoms. The number of guanidine groups is 1. The van der Waals surface area contributed by atoms with Crippen molar-refractivity contribution >= 4 is 46.2 Å². The lowest BCUT2D eigenvalue weighted by Gasteiger charge is -2.25. The van der Waals surface area contributed by atoms with Crippen LogP contribution in [0.2, 0.25) is 0 Å². The summed E-state index contributed by atoms with van der Waals surface area (Å²) in [4.78, 5) is 68.5. The average Bonchev–Trinajstić information content (AvgIpc) is 3.01. The Morgan fingerprint density at radius 1 is 0.830 bits per heavy atom. The van der Waals surface area contributed by atoms with Crippen LogP contribution in [0, 0.1) is 6.92 Å². The molecule has 0 unspecified atom stereocenters. The Hall–Kier alpha value is -5.24. The van der Waals surface area contributed by atoms with Crippen molar-refractivity contribution in [3.05, 3.63) is 76.1 Å². The van der Waals surface area contributed by atoms with E-state index < -0.39 is 47.4 Å². The number of anilines is 1. The Labute approximate surface area is 272 Å². The summed E-state index contributed by atoms with van der Waals surface area (Å²) in [5, 5.41) is 11.7.